The maximum Gasteiger partial charge on any atom is 0.269 e. The number of hydrogen-bond donors (Lipinski definition) is 0. The van der Waals surface area contributed by atoms with Gasteiger partial charge in [0.1, 0.15) is 0 Å². The Morgan fingerprint density at radius 2 is 1.83 bits per heavy atom. The summed E-state index contributed by atoms with van der Waals surface area (Å²) in [4.78, 5) is 23.1. The summed E-state index contributed by atoms with van der Waals surface area (Å²) in [5.74, 6) is 1.15. The van der Waals surface area contributed by atoms with Crippen LogP contribution in [0.4, 0.5) is 5.69 Å². The summed E-state index contributed by atoms with van der Waals surface area (Å²) < 4.78 is 0. The van der Waals surface area contributed by atoms with Crippen LogP contribution < -0.4 is 0 Å². The maximum atomic E-state index is 12.8. The molecule has 2 aromatic carbocycles. The lowest BCUT2D eigenvalue weighted by Crippen LogP contribution is -2.04. The van der Waals surface area contributed by atoms with E-state index in [-0.39, 0.29) is 11.5 Å². The maximum absolute atomic E-state index is 12.8. The van der Waals surface area contributed by atoms with Crippen LogP contribution >= 0.6 is 0 Å². The van der Waals surface area contributed by atoms with Gasteiger partial charge in [0.15, 0.2) is 5.78 Å². The van der Waals surface area contributed by atoms with E-state index in [1.54, 1.807) is 12.1 Å². The lowest BCUT2D eigenvalue weighted by atomic mass is 9.96. The van der Waals surface area contributed by atoms with Crippen molar-refractivity contribution in [3.63, 3.8) is 0 Å². The average Bonchev–Trinajstić information content (AvgIpc) is 3.33. The van der Waals surface area contributed by atoms with Crippen LogP contribution in [0.15, 0.2) is 54.1 Å². The van der Waals surface area contributed by atoms with Gasteiger partial charge in [0.25, 0.3) is 5.69 Å². The third kappa shape index (κ3) is 2.46. The predicted octanol–water partition coefficient (Wildman–Crippen LogP) is 4.37. The molecule has 114 valence electrons. The molecule has 1 saturated carbocycles. The van der Waals surface area contributed by atoms with Crippen molar-refractivity contribution in [2.45, 2.75) is 18.8 Å². The van der Waals surface area contributed by atoms with E-state index in [9.17, 15) is 14.9 Å². The molecule has 2 aliphatic carbocycles. The van der Waals surface area contributed by atoms with Gasteiger partial charge in [-0.3, -0.25) is 14.9 Å². The molecule has 2 atom stereocenters. The Balaban J connectivity index is 1.71. The van der Waals surface area contributed by atoms with Crippen molar-refractivity contribution >= 4 is 17.5 Å². The lowest BCUT2D eigenvalue weighted by Gasteiger charge is -2.07. The first-order valence-corrected chi connectivity index (χ1v) is 7.72. The van der Waals surface area contributed by atoms with Crippen molar-refractivity contribution in [2.24, 2.45) is 5.92 Å². The highest BCUT2D eigenvalue weighted by atomic mass is 16.6. The zero-order valence-electron chi connectivity index (χ0n) is 12.4. The molecule has 0 N–H and O–H groups in total. The van der Waals surface area contributed by atoms with Crippen LogP contribution in [-0.2, 0) is 0 Å². The zero-order chi connectivity index (χ0) is 16.0. The molecule has 4 heteroatoms. The number of nitro groups is 1. The smallest absolute Gasteiger partial charge is 0.269 e. The summed E-state index contributed by atoms with van der Waals surface area (Å²) in [7, 11) is 0. The topological polar surface area (TPSA) is 60.2 Å². The van der Waals surface area contributed by atoms with Gasteiger partial charge in [0.2, 0.25) is 0 Å². The summed E-state index contributed by atoms with van der Waals surface area (Å²) in [6, 6.07) is 14.2. The fourth-order valence-corrected chi connectivity index (χ4v) is 3.45. The molecule has 2 unspecified atom stereocenters. The largest absolute Gasteiger partial charge is 0.289 e. The molecule has 0 bridgehead atoms. The number of carbonyl (C=O) groups excluding carboxylic acids is 1. The minimum atomic E-state index is -0.418. The van der Waals surface area contributed by atoms with E-state index in [0.717, 1.165) is 29.5 Å². The van der Waals surface area contributed by atoms with E-state index in [4.69, 9.17) is 0 Å². The fourth-order valence-electron chi connectivity index (χ4n) is 3.45. The van der Waals surface area contributed by atoms with Gasteiger partial charge in [-0.15, -0.1) is 0 Å². The number of nitrogens with zero attached hydrogens (tertiary/aromatic N) is 1. The number of benzene rings is 2. The Morgan fingerprint density at radius 3 is 2.57 bits per heavy atom. The molecule has 0 heterocycles. The molecule has 0 aromatic heterocycles. The Morgan fingerprint density at radius 1 is 1.09 bits per heavy atom. The first-order valence-electron chi connectivity index (χ1n) is 7.72. The zero-order valence-corrected chi connectivity index (χ0v) is 12.4. The van der Waals surface area contributed by atoms with Gasteiger partial charge in [-0.25, -0.2) is 0 Å². The Bertz CT molecular complexity index is 836. The molecule has 23 heavy (non-hydrogen) atoms. The van der Waals surface area contributed by atoms with Gasteiger partial charge < -0.3 is 0 Å². The minimum Gasteiger partial charge on any atom is -0.289 e. The third-order valence-electron chi connectivity index (χ3n) is 4.75. The van der Waals surface area contributed by atoms with Crippen LogP contribution in [0.25, 0.3) is 6.08 Å². The molecule has 2 aromatic rings. The number of ketones is 1. The van der Waals surface area contributed by atoms with E-state index in [1.807, 2.05) is 24.3 Å². The summed E-state index contributed by atoms with van der Waals surface area (Å²) in [6.07, 6.45) is 3.81. The Labute approximate surface area is 133 Å². The number of nitro benzene ring substituents is 1. The molecule has 0 radical (unpaired) electrons. The second kappa shape index (κ2) is 5.16. The fraction of sp³-hybridized carbons (Fsp3) is 0.211. The molecule has 0 spiro atoms. The van der Waals surface area contributed by atoms with Gasteiger partial charge in [0, 0.05) is 23.3 Å². The molecule has 4 rings (SSSR count). The Kier molecular flexibility index (Phi) is 3.11. The highest BCUT2D eigenvalue weighted by molar-refractivity contribution is 6.12. The second-order valence-corrected chi connectivity index (χ2v) is 6.24. The summed E-state index contributed by atoms with van der Waals surface area (Å²) in [6.45, 7) is 0. The van der Waals surface area contributed by atoms with Gasteiger partial charge in [0.05, 0.1) is 4.92 Å². The summed E-state index contributed by atoms with van der Waals surface area (Å²) in [5.41, 5.74) is 3.68. The normalized spacial score (nSPS) is 23.8. The molecule has 4 nitrogen and oxygen atoms in total. The second-order valence-electron chi connectivity index (χ2n) is 6.24. The number of carbonyl (C=O) groups is 1. The molecular weight excluding hydrogens is 290 g/mol. The van der Waals surface area contributed by atoms with Crippen LogP contribution in [0.2, 0.25) is 0 Å². The molecule has 2 aliphatic rings. The number of rotatable bonds is 2. The predicted molar refractivity (Wildman–Crippen MR) is 87.3 cm³/mol. The van der Waals surface area contributed by atoms with Crippen molar-refractivity contribution in [1.29, 1.82) is 0 Å². The van der Waals surface area contributed by atoms with Gasteiger partial charge in [-0.05, 0) is 54.0 Å². The summed E-state index contributed by atoms with van der Waals surface area (Å²) in [5, 5.41) is 10.7. The Hall–Kier alpha value is -2.75. The van der Waals surface area contributed by atoms with Crippen molar-refractivity contribution < 1.29 is 9.72 Å². The van der Waals surface area contributed by atoms with E-state index in [0.29, 0.717) is 11.8 Å². The number of non-ortho nitro benzene ring substituents is 1. The minimum absolute atomic E-state index is 0.0620. The monoisotopic (exact) mass is 305 g/mol. The standard InChI is InChI=1S/C19H15NO3/c21-19-14(9-12-5-7-15(8-6-12)20(22)23)10-13-11-18(13)16-3-1-2-4-17(16)19/h1-9,13,18H,10-11H2/b14-9+. The quantitative estimate of drug-likeness (QED) is 0.470. The number of hydrogen-bond acceptors (Lipinski definition) is 3. The van der Waals surface area contributed by atoms with Crippen molar-refractivity contribution in [1.82, 2.24) is 0 Å². The van der Waals surface area contributed by atoms with Crippen LogP contribution in [0.3, 0.4) is 0 Å². The van der Waals surface area contributed by atoms with E-state index in [2.05, 4.69) is 6.07 Å². The number of fused-ring (bicyclic) bond motifs is 3. The molecule has 0 saturated heterocycles. The van der Waals surface area contributed by atoms with Gasteiger partial charge >= 0.3 is 0 Å². The highest BCUT2D eigenvalue weighted by Crippen LogP contribution is 2.54. The third-order valence-corrected chi connectivity index (χ3v) is 4.75. The van der Waals surface area contributed by atoms with Crippen molar-refractivity contribution in [2.75, 3.05) is 0 Å². The highest BCUT2D eigenvalue weighted by Gasteiger charge is 2.43. The molecule has 1 fully saturated rings. The van der Waals surface area contributed by atoms with Crippen LogP contribution in [0.5, 0.6) is 0 Å². The van der Waals surface area contributed by atoms with Crippen molar-refractivity contribution in [3.8, 4) is 0 Å². The first kappa shape index (κ1) is 13.9. The average molecular weight is 305 g/mol. The molecule has 0 aliphatic heterocycles. The van der Waals surface area contributed by atoms with Crippen molar-refractivity contribution in [3.05, 3.63) is 80.9 Å². The van der Waals surface area contributed by atoms with Gasteiger partial charge in [-0.2, -0.15) is 0 Å². The van der Waals surface area contributed by atoms with Crippen LogP contribution in [-0.4, -0.2) is 10.7 Å². The summed E-state index contributed by atoms with van der Waals surface area (Å²) >= 11 is 0. The number of allylic oxidation sites excluding steroid dienone is 1. The SMILES string of the molecule is O=C1/C(=C/c2ccc([N+](=O)[O-])cc2)CC2CC2c2ccccc21. The van der Waals surface area contributed by atoms with E-state index < -0.39 is 4.92 Å². The van der Waals surface area contributed by atoms with E-state index >= 15 is 0 Å². The molecule has 0 amide bonds. The number of Topliss-reactive ketones (excluding diaryl/α,β-unsaturated/α-hetero) is 1. The van der Waals surface area contributed by atoms with Crippen LogP contribution in [0, 0.1) is 16.0 Å². The van der Waals surface area contributed by atoms with E-state index in [1.165, 1.54) is 17.7 Å². The molecular formula is C19H15NO3. The lowest BCUT2D eigenvalue weighted by molar-refractivity contribution is -0.384. The first-order chi connectivity index (χ1) is 11.1. The van der Waals surface area contributed by atoms with Crippen LogP contribution in [0.1, 0.15) is 40.2 Å². The van der Waals surface area contributed by atoms with Gasteiger partial charge in [-0.1, -0.05) is 24.3 Å².